The summed E-state index contributed by atoms with van der Waals surface area (Å²) in [6.07, 6.45) is -14.0. The first kappa shape index (κ1) is 18.9. The molecule has 1 fully saturated rings. The Labute approximate surface area is 123 Å². The van der Waals surface area contributed by atoms with Crippen molar-refractivity contribution < 1.29 is 41.0 Å². The number of rotatable bonds is 1. The molecule has 0 aliphatic carbocycles. The largest absolute Gasteiger partial charge is 0.444 e. The molecule has 1 atom stereocenters. The molecular formula is C12H17F6NO3. The van der Waals surface area contributed by atoms with Gasteiger partial charge < -0.3 is 14.7 Å². The highest BCUT2D eigenvalue weighted by Gasteiger charge is 2.75. The highest BCUT2D eigenvalue weighted by Crippen LogP contribution is 2.49. The monoisotopic (exact) mass is 337 g/mol. The van der Waals surface area contributed by atoms with Crippen LogP contribution >= 0.6 is 0 Å². The van der Waals surface area contributed by atoms with Crippen LogP contribution in [0.4, 0.5) is 31.1 Å². The summed E-state index contributed by atoms with van der Waals surface area (Å²) >= 11 is 0. The van der Waals surface area contributed by atoms with Crippen molar-refractivity contribution in [2.75, 3.05) is 6.54 Å². The maximum absolute atomic E-state index is 12.9. The molecule has 0 bridgehead atoms. The first-order valence-electron chi connectivity index (χ1n) is 6.46. The van der Waals surface area contributed by atoms with Gasteiger partial charge in [0.25, 0.3) is 5.60 Å². The Kier molecular flexibility index (Phi) is 4.69. The zero-order valence-electron chi connectivity index (χ0n) is 12.2. The fourth-order valence-corrected chi connectivity index (χ4v) is 2.28. The van der Waals surface area contributed by atoms with Crippen molar-refractivity contribution >= 4 is 6.09 Å². The summed E-state index contributed by atoms with van der Waals surface area (Å²) in [7, 11) is 0. The zero-order chi connectivity index (χ0) is 17.6. The number of carbonyl (C=O) groups excluding carboxylic acids is 1. The SMILES string of the molecule is CC(C)(C)OC(=O)N1CCC[C@H]1C(O)(C(F)(F)F)C(F)(F)F. The molecule has 4 nitrogen and oxygen atoms in total. The van der Waals surface area contributed by atoms with Crippen molar-refractivity contribution in [1.82, 2.24) is 4.90 Å². The third kappa shape index (κ3) is 3.41. The molecule has 0 aromatic carbocycles. The Morgan fingerprint density at radius 3 is 1.91 bits per heavy atom. The Bertz CT molecular complexity index is 412. The lowest BCUT2D eigenvalue weighted by Gasteiger charge is -2.40. The van der Waals surface area contributed by atoms with Crippen molar-refractivity contribution in [3.8, 4) is 0 Å². The van der Waals surface area contributed by atoms with E-state index in [-0.39, 0.29) is 13.0 Å². The van der Waals surface area contributed by atoms with Gasteiger partial charge in [0.1, 0.15) is 5.60 Å². The van der Waals surface area contributed by atoms with Crippen molar-refractivity contribution in [1.29, 1.82) is 0 Å². The summed E-state index contributed by atoms with van der Waals surface area (Å²) in [4.78, 5) is 12.1. The summed E-state index contributed by atoms with van der Waals surface area (Å²) in [6, 6.07) is -2.47. The van der Waals surface area contributed by atoms with Crippen LogP contribution in [-0.2, 0) is 4.74 Å². The van der Waals surface area contributed by atoms with E-state index < -0.39 is 42.1 Å². The minimum Gasteiger partial charge on any atom is -0.444 e. The standard InChI is InChI=1S/C12H17F6NO3/c1-9(2,3)22-8(20)19-6-4-5-7(19)10(21,11(13,14)15)12(16,17)18/h7,21H,4-6H2,1-3H3/t7-/m0/s1. The number of hydrogen-bond acceptors (Lipinski definition) is 3. The summed E-state index contributed by atoms with van der Waals surface area (Å²) in [6.45, 7) is 3.93. The van der Waals surface area contributed by atoms with Crippen LogP contribution in [-0.4, -0.2) is 52.2 Å². The smallest absolute Gasteiger partial charge is 0.428 e. The molecule has 1 saturated heterocycles. The molecule has 1 aliphatic rings. The normalized spacial score (nSPS) is 21.2. The molecule has 22 heavy (non-hydrogen) atoms. The fourth-order valence-electron chi connectivity index (χ4n) is 2.28. The lowest BCUT2D eigenvalue weighted by atomic mass is 9.90. The highest BCUT2D eigenvalue weighted by molar-refractivity contribution is 5.69. The van der Waals surface area contributed by atoms with Gasteiger partial charge in [-0.15, -0.1) is 0 Å². The molecular weight excluding hydrogens is 320 g/mol. The van der Waals surface area contributed by atoms with E-state index >= 15 is 0 Å². The predicted molar refractivity (Wildman–Crippen MR) is 63.0 cm³/mol. The minimum atomic E-state index is -5.97. The van der Waals surface area contributed by atoms with Gasteiger partial charge in [-0.2, -0.15) is 26.3 Å². The highest BCUT2D eigenvalue weighted by atomic mass is 19.4. The van der Waals surface area contributed by atoms with Gasteiger partial charge in [0.15, 0.2) is 0 Å². The Morgan fingerprint density at radius 2 is 1.55 bits per heavy atom. The molecule has 0 radical (unpaired) electrons. The molecule has 1 N–H and O–H groups in total. The summed E-state index contributed by atoms with van der Waals surface area (Å²) < 4.78 is 82.1. The van der Waals surface area contributed by atoms with Crippen molar-refractivity contribution in [2.24, 2.45) is 0 Å². The van der Waals surface area contributed by atoms with Crippen LogP contribution in [0.1, 0.15) is 33.6 Å². The van der Waals surface area contributed by atoms with Gasteiger partial charge in [-0.1, -0.05) is 0 Å². The van der Waals surface area contributed by atoms with Gasteiger partial charge in [-0.3, -0.25) is 0 Å². The molecule has 1 heterocycles. The van der Waals surface area contributed by atoms with Crippen LogP contribution in [0.2, 0.25) is 0 Å². The molecule has 0 saturated carbocycles. The Balaban J connectivity index is 3.18. The number of hydrogen-bond donors (Lipinski definition) is 1. The van der Waals surface area contributed by atoms with Crippen LogP contribution in [0.25, 0.3) is 0 Å². The zero-order valence-corrected chi connectivity index (χ0v) is 12.2. The summed E-state index contributed by atoms with van der Waals surface area (Å²) in [5, 5.41) is 9.40. The number of halogens is 6. The molecule has 10 heteroatoms. The van der Waals surface area contributed by atoms with Gasteiger partial charge in [0.05, 0.1) is 6.04 Å². The third-order valence-electron chi connectivity index (χ3n) is 3.23. The average molecular weight is 337 g/mol. The number of ether oxygens (including phenoxy) is 1. The van der Waals surface area contributed by atoms with E-state index in [1.165, 1.54) is 20.8 Å². The fraction of sp³-hybridized carbons (Fsp3) is 0.917. The lowest BCUT2D eigenvalue weighted by molar-refractivity contribution is -0.380. The van der Waals surface area contributed by atoms with Gasteiger partial charge >= 0.3 is 18.4 Å². The quantitative estimate of drug-likeness (QED) is 0.748. The third-order valence-corrected chi connectivity index (χ3v) is 3.23. The second-order valence-corrected chi connectivity index (χ2v) is 6.09. The Hall–Kier alpha value is -1.19. The average Bonchev–Trinajstić information content (AvgIpc) is 2.70. The first-order chi connectivity index (χ1) is 9.61. The second kappa shape index (κ2) is 5.47. The van der Waals surface area contributed by atoms with Crippen LogP contribution in [0.15, 0.2) is 0 Å². The van der Waals surface area contributed by atoms with Crippen molar-refractivity contribution in [2.45, 2.75) is 63.2 Å². The molecule has 1 rings (SSSR count). The number of alkyl halides is 6. The number of nitrogens with zero attached hydrogens (tertiary/aromatic N) is 1. The molecule has 1 amide bonds. The maximum Gasteiger partial charge on any atom is 0.428 e. The number of amides is 1. The second-order valence-electron chi connectivity index (χ2n) is 6.09. The van der Waals surface area contributed by atoms with E-state index in [1.54, 1.807) is 0 Å². The molecule has 0 unspecified atom stereocenters. The van der Waals surface area contributed by atoms with Crippen LogP contribution in [0.3, 0.4) is 0 Å². The van der Waals surface area contributed by atoms with Gasteiger partial charge in [0.2, 0.25) is 0 Å². The molecule has 0 aromatic rings. The Morgan fingerprint density at radius 1 is 1.09 bits per heavy atom. The van der Waals surface area contributed by atoms with Gasteiger partial charge in [0, 0.05) is 6.54 Å². The lowest BCUT2D eigenvalue weighted by Crippen LogP contribution is -2.68. The van der Waals surface area contributed by atoms with E-state index in [2.05, 4.69) is 0 Å². The number of carbonyl (C=O) groups is 1. The first-order valence-corrected chi connectivity index (χ1v) is 6.46. The van der Waals surface area contributed by atoms with Crippen LogP contribution in [0, 0.1) is 0 Å². The number of aliphatic hydroxyl groups is 1. The van der Waals surface area contributed by atoms with Crippen molar-refractivity contribution in [3.05, 3.63) is 0 Å². The van der Waals surface area contributed by atoms with Crippen LogP contribution in [0.5, 0.6) is 0 Å². The number of likely N-dealkylation sites (tertiary alicyclic amines) is 1. The van der Waals surface area contributed by atoms with E-state index in [1.807, 2.05) is 0 Å². The minimum absolute atomic E-state index is 0.0988. The maximum atomic E-state index is 12.9. The molecule has 0 spiro atoms. The van der Waals surface area contributed by atoms with E-state index in [0.29, 0.717) is 4.90 Å². The summed E-state index contributed by atoms with van der Waals surface area (Å²) in [5.41, 5.74) is -6.08. The summed E-state index contributed by atoms with van der Waals surface area (Å²) in [5.74, 6) is 0. The topological polar surface area (TPSA) is 49.8 Å². The molecule has 130 valence electrons. The van der Waals surface area contributed by atoms with Crippen LogP contribution < -0.4 is 0 Å². The molecule has 1 aliphatic heterocycles. The molecule has 0 aromatic heterocycles. The van der Waals surface area contributed by atoms with Gasteiger partial charge in [-0.25, -0.2) is 4.79 Å². The van der Waals surface area contributed by atoms with E-state index in [9.17, 15) is 36.2 Å². The van der Waals surface area contributed by atoms with E-state index in [0.717, 1.165) is 0 Å². The van der Waals surface area contributed by atoms with Gasteiger partial charge in [-0.05, 0) is 33.6 Å². The van der Waals surface area contributed by atoms with E-state index in [4.69, 9.17) is 4.74 Å². The van der Waals surface area contributed by atoms with Crippen molar-refractivity contribution in [3.63, 3.8) is 0 Å². The predicted octanol–water partition coefficient (Wildman–Crippen LogP) is 3.24.